The second-order valence-corrected chi connectivity index (χ2v) is 11.1. The number of piperidine rings is 1. The van der Waals surface area contributed by atoms with Gasteiger partial charge in [-0.15, -0.1) is 11.8 Å². The Bertz CT molecular complexity index is 549. The van der Waals surface area contributed by atoms with E-state index in [1.807, 2.05) is 0 Å². The van der Waals surface area contributed by atoms with Gasteiger partial charge in [0.2, 0.25) is 5.91 Å². The van der Waals surface area contributed by atoms with Gasteiger partial charge in [0, 0.05) is 17.3 Å². The fraction of sp³-hybridized carbons (Fsp3) is 0.955. The number of rotatable bonds is 6. The van der Waals surface area contributed by atoms with E-state index >= 15 is 0 Å². The van der Waals surface area contributed by atoms with Gasteiger partial charge in [-0.25, -0.2) is 10.9 Å². The molecule has 4 rings (SSSR count). The molecule has 6 nitrogen and oxygen atoms in total. The third kappa shape index (κ3) is 5.48. The highest BCUT2D eigenvalue weighted by Crippen LogP contribution is 2.37. The van der Waals surface area contributed by atoms with Gasteiger partial charge in [0.1, 0.15) is 5.50 Å². The Hall–Kier alpha value is -0.340. The summed E-state index contributed by atoms with van der Waals surface area (Å²) in [5.41, 5.74) is 6.97. The number of thioether (sulfide) groups is 1. The van der Waals surface area contributed by atoms with Gasteiger partial charge in [0.05, 0.1) is 12.7 Å². The summed E-state index contributed by atoms with van der Waals surface area (Å²) in [5, 5.41) is 7.80. The fourth-order valence-electron chi connectivity index (χ4n) is 5.99. The summed E-state index contributed by atoms with van der Waals surface area (Å²) in [5.74, 6) is 1.77. The molecule has 2 saturated carbocycles. The van der Waals surface area contributed by atoms with Gasteiger partial charge in [0.15, 0.2) is 0 Å². The van der Waals surface area contributed by atoms with Crippen molar-refractivity contribution in [1.29, 1.82) is 0 Å². The molecule has 0 radical (unpaired) electrons. The van der Waals surface area contributed by atoms with Crippen molar-refractivity contribution in [2.75, 3.05) is 13.7 Å². The maximum Gasteiger partial charge on any atom is 0.237 e. The topological polar surface area (TPSA) is 68.4 Å². The van der Waals surface area contributed by atoms with Crippen LogP contribution in [0.3, 0.4) is 0 Å². The minimum absolute atomic E-state index is 0.0356. The van der Waals surface area contributed by atoms with Gasteiger partial charge in [-0.3, -0.25) is 9.69 Å². The molecule has 29 heavy (non-hydrogen) atoms. The van der Waals surface area contributed by atoms with E-state index < -0.39 is 0 Å². The van der Waals surface area contributed by atoms with E-state index in [-0.39, 0.29) is 11.9 Å². The van der Waals surface area contributed by atoms with E-state index in [2.05, 4.69) is 52.1 Å². The smallest absolute Gasteiger partial charge is 0.237 e. The van der Waals surface area contributed by atoms with E-state index in [1.165, 1.54) is 51.4 Å². The van der Waals surface area contributed by atoms with Gasteiger partial charge >= 0.3 is 0 Å². The highest BCUT2D eigenvalue weighted by molar-refractivity contribution is 8.00. The molecule has 4 N–H and O–H groups in total. The van der Waals surface area contributed by atoms with Crippen LogP contribution in [0, 0.1) is 11.8 Å². The molecule has 2 aliphatic carbocycles. The minimum Gasteiger partial charge on any atom is -0.352 e. The molecule has 7 heteroatoms. The summed E-state index contributed by atoms with van der Waals surface area (Å²) in [6.07, 6.45) is 13.6. The number of hydrazine groups is 1. The van der Waals surface area contributed by atoms with Crippen LogP contribution >= 0.6 is 11.8 Å². The molecule has 0 spiro atoms. The monoisotopic (exact) mass is 423 g/mol. The van der Waals surface area contributed by atoms with Gasteiger partial charge in [-0.05, 0) is 70.3 Å². The number of hydrogen-bond donors (Lipinski definition) is 4. The second-order valence-electron chi connectivity index (χ2n) is 9.75. The average Bonchev–Trinajstić information content (AvgIpc) is 3.16. The lowest BCUT2D eigenvalue weighted by Crippen LogP contribution is -2.56. The van der Waals surface area contributed by atoms with Crippen LogP contribution in [0.1, 0.15) is 77.6 Å². The zero-order chi connectivity index (χ0) is 20.2. The SMILES string of the molecule is CCC(SC1NNCN1C)C1CCCC(NC(=O)C2CCC3CCCCC3N2)C1. The Morgan fingerprint density at radius 3 is 2.79 bits per heavy atom. The maximum absolute atomic E-state index is 13.0. The van der Waals surface area contributed by atoms with E-state index in [1.54, 1.807) is 0 Å². The first-order chi connectivity index (χ1) is 14.1. The van der Waals surface area contributed by atoms with Crippen LogP contribution in [-0.2, 0) is 4.79 Å². The quantitative estimate of drug-likeness (QED) is 0.527. The van der Waals surface area contributed by atoms with Crippen molar-refractivity contribution in [3.8, 4) is 0 Å². The molecule has 0 aromatic heterocycles. The summed E-state index contributed by atoms with van der Waals surface area (Å²) in [6, 6.07) is 0.973. The highest BCUT2D eigenvalue weighted by Gasteiger charge is 2.36. The van der Waals surface area contributed by atoms with Crippen LogP contribution in [0.15, 0.2) is 0 Å². The van der Waals surface area contributed by atoms with Crippen molar-refractivity contribution in [2.45, 2.75) is 106 Å². The lowest BCUT2D eigenvalue weighted by Gasteiger charge is -2.41. The Balaban J connectivity index is 1.27. The van der Waals surface area contributed by atoms with Crippen molar-refractivity contribution in [3.05, 3.63) is 0 Å². The van der Waals surface area contributed by atoms with Crippen molar-refractivity contribution in [2.24, 2.45) is 11.8 Å². The fourth-order valence-corrected chi connectivity index (χ4v) is 7.42. The van der Waals surface area contributed by atoms with Gasteiger partial charge < -0.3 is 10.6 Å². The molecular formula is C22H41N5OS. The molecule has 4 fully saturated rings. The molecule has 7 unspecified atom stereocenters. The number of fused-ring (bicyclic) bond motifs is 1. The Morgan fingerprint density at radius 2 is 2.00 bits per heavy atom. The van der Waals surface area contributed by atoms with Crippen molar-refractivity contribution in [3.63, 3.8) is 0 Å². The van der Waals surface area contributed by atoms with Gasteiger partial charge in [0.25, 0.3) is 0 Å². The Morgan fingerprint density at radius 1 is 1.14 bits per heavy atom. The summed E-state index contributed by atoms with van der Waals surface area (Å²) in [7, 11) is 2.16. The first kappa shape index (κ1) is 21.9. The first-order valence-electron chi connectivity index (χ1n) is 12.0. The molecule has 2 heterocycles. The number of hydrogen-bond acceptors (Lipinski definition) is 6. The number of carbonyl (C=O) groups excluding carboxylic acids is 1. The number of nitrogens with one attached hydrogen (secondary N) is 4. The maximum atomic E-state index is 13.0. The third-order valence-electron chi connectivity index (χ3n) is 7.71. The molecule has 2 saturated heterocycles. The zero-order valence-electron chi connectivity index (χ0n) is 18.3. The van der Waals surface area contributed by atoms with E-state index in [0.29, 0.717) is 28.7 Å². The molecule has 1 amide bonds. The molecule has 166 valence electrons. The molecule has 4 aliphatic rings. The van der Waals surface area contributed by atoms with Crippen LogP contribution in [0.4, 0.5) is 0 Å². The number of nitrogens with zero attached hydrogens (tertiary/aromatic N) is 1. The van der Waals surface area contributed by atoms with E-state index in [0.717, 1.165) is 31.8 Å². The van der Waals surface area contributed by atoms with E-state index in [9.17, 15) is 4.79 Å². The van der Waals surface area contributed by atoms with Crippen LogP contribution in [-0.4, -0.2) is 53.4 Å². The van der Waals surface area contributed by atoms with Crippen molar-refractivity contribution in [1.82, 2.24) is 26.4 Å². The summed E-state index contributed by atoms with van der Waals surface area (Å²) in [4.78, 5) is 15.3. The molecule has 0 bridgehead atoms. The summed E-state index contributed by atoms with van der Waals surface area (Å²) >= 11 is 2.06. The van der Waals surface area contributed by atoms with Crippen LogP contribution in [0.2, 0.25) is 0 Å². The van der Waals surface area contributed by atoms with Crippen molar-refractivity contribution >= 4 is 17.7 Å². The predicted molar refractivity (Wildman–Crippen MR) is 120 cm³/mol. The van der Waals surface area contributed by atoms with Gasteiger partial charge in [-0.1, -0.05) is 26.2 Å². The second kappa shape index (κ2) is 10.3. The van der Waals surface area contributed by atoms with Crippen LogP contribution in [0.5, 0.6) is 0 Å². The predicted octanol–water partition coefficient (Wildman–Crippen LogP) is 2.76. The van der Waals surface area contributed by atoms with Crippen LogP contribution in [0.25, 0.3) is 0 Å². The van der Waals surface area contributed by atoms with Gasteiger partial charge in [-0.2, -0.15) is 0 Å². The molecule has 0 aromatic rings. The third-order valence-corrected chi connectivity index (χ3v) is 9.52. The van der Waals surface area contributed by atoms with Crippen molar-refractivity contribution < 1.29 is 4.79 Å². The normalized spacial score (nSPS) is 39.7. The zero-order valence-corrected chi connectivity index (χ0v) is 19.1. The van der Waals surface area contributed by atoms with Crippen LogP contribution < -0.4 is 21.5 Å². The Labute approximate surface area is 181 Å². The summed E-state index contributed by atoms with van der Waals surface area (Å²) < 4.78 is 0. The highest BCUT2D eigenvalue weighted by atomic mass is 32.2. The minimum atomic E-state index is 0.0356. The standard InChI is InChI=1S/C22H41N5OS/c1-3-20(29-22-26-23-14-27(22)2)16-8-6-9-17(13-16)24-21(28)19-12-11-15-7-4-5-10-18(15)25-19/h15-20,22-23,25-26H,3-14H2,1-2H3,(H,24,28). The summed E-state index contributed by atoms with van der Waals surface area (Å²) in [6.45, 7) is 3.21. The number of amides is 1. The first-order valence-corrected chi connectivity index (χ1v) is 13.0. The largest absolute Gasteiger partial charge is 0.352 e. The molecule has 2 aliphatic heterocycles. The average molecular weight is 424 g/mol. The van der Waals surface area contributed by atoms with E-state index in [4.69, 9.17) is 0 Å². The molecular weight excluding hydrogens is 382 g/mol. The molecule has 0 aromatic carbocycles. The number of carbonyl (C=O) groups is 1. The molecule has 7 atom stereocenters. The lowest BCUT2D eigenvalue weighted by molar-refractivity contribution is -0.125. The Kier molecular flexibility index (Phi) is 7.78. The lowest BCUT2D eigenvalue weighted by atomic mass is 9.77.